The van der Waals surface area contributed by atoms with Crippen molar-refractivity contribution in [1.82, 2.24) is 0 Å². The molecule has 0 rings (SSSR count). The molecule has 27 heavy (non-hydrogen) atoms. The first kappa shape index (κ1) is 50.1. The molecule has 0 aromatic rings. The van der Waals surface area contributed by atoms with Gasteiger partial charge in [0, 0.05) is 19.6 Å². The molecule has 1 unspecified atom stereocenters. The van der Waals surface area contributed by atoms with Gasteiger partial charge in [-0.15, -0.1) is 0 Å². The molecule has 170 valence electrons. The summed E-state index contributed by atoms with van der Waals surface area (Å²) in [6, 6.07) is 0. The number of nitrogens with two attached hydrogens (primary N) is 4. The van der Waals surface area contributed by atoms with Crippen molar-refractivity contribution in [2.75, 3.05) is 19.6 Å². The third-order valence-electron chi connectivity index (χ3n) is 0.392. The Labute approximate surface area is 192 Å². The van der Waals surface area contributed by atoms with Crippen molar-refractivity contribution in [2.24, 2.45) is 22.9 Å². The first-order valence-electron chi connectivity index (χ1n) is 4.88. The summed E-state index contributed by atoms with van der Waals surface area (Å²) in [5.74, 6) is 0. The van der Waals surface area contributed by atoms with Gasteiger partial charge in [0.05, 0.1) is 24.4 Å². The minimum atomic E-state index is -1.75. The number of alkyl halides is 1. The Kier molecular flexibility index (Phi) is 92.3. The van der Waals surface area contributed by atoms with Gasteiger partial charge in [-0.3, -0.25) is 0 Å². The van der Waals surface area contributed by atoms with E-state index in [1.807, 2.05) is 0 Å². The van der Waals surface area contributed by atoms with E-state index in [0.717, 1.165) is 0 Å². The largest absolute Gasteiger partial charge is 2.00 e. The van der Waals surface area contributed by atoms with Gasteiger partial charge in [0.2, 0.25) is 0 Å². The van der Waals surface area contributed by atoms with E-state index in [1.54, 1.807) is 0 Å². The van der Waals surface area contributed by atoms with Crippen molar-refractivity contribution < 1.29 is 62.5 Å². The molecule has 0 fully saturated rings. The Morgan fingerprint density at radius 3 is 0.704 bits per heavy atom. The first-order chi connectivity index (χ1) is 11.1. The zero-order chi connectivity index (χ0) is 22.0. The molecule has 20 nitrogen and oxygen atoms in total. The van der Waals surface area contributed by atoms with Crippen LogP contribution < -0.4 is 22.9 Å². The summed E-state index contributed by atoms with van der Waals surface area (Å²) in [6.07, 6.45) is 0. The molecule has 0 aromatic heterocycles. The molecule has 0 saturated heterocycles. The molecule has 0 aromatic carbocycles. The predicted octanol–water partition coefficient (Wildman–Crippen LogP) is -2.39. The number of halogens is 1. The fourth-order valence-electron chi connectivity index (χ4n) is 0. The third-order valence-corrected chi connectivity index (χ3v) is 0.900. The summed E-state index contributed by atoms with van der Waals surface area (Å²) in [5.41, 5.74) is 20.0. The zero-order valence-electron chi connectivity index (χ0n) is 12.7. The van der Waals surface area contributed by atoms with Crippen molar-refractivity contribution in [3.05, 3.63) is 61.3 Å². The van der Waals surface area contributed by atoms with Gasteiger partial charge in [0.1, 0.15) is 0 Å². The maximum absolute atomic E-state index is 8.25. The average molecular weight is 884 g/mol. The van der Waals surface area contributed by atoms with Crippen LogP contribution in [0.15, 0.2) is 0 Å². The molecule has 0 aliphatic heterocycles. The van der Waals surface area contributed by atoms with Gasteiger partial charge in [-0.05, 0) is 0 Å². The molecule has 0 heterocycles. The third kappa shape index (κ3) is 4200. The van der Waals surface area contributed by atoms with Crippen LogP contribution in [0.3, 0.4) is 0 Å². The second-order valence-electron chi connectivity index (χ2n) is 2.22. The van der Waals surface area contributed by atoms with Crippen LogP contribution in [0.1, 0.15) is 0 Å². The summed E-state index contributed by atoms with van der Waals surface area (Å²) in [6.45, 7) is 1.76. The van der Waals surface area contributed by atoms with Crippen LogP contribution in [0.4, 0.5) is 0 Å². The van der Waals surface area contributed by atoms with Crippen LogP contribution in [0.5, 0.6) is 0 Å². The van der Waals surface area contributed by atoms with Gasteiger partial charge in [0.25, 0.3) is 0 Å². The minimum Gasteiger partial charge on any atom is -0.356 e. The van der Waals surface area contributed by atoms with Gasteiger partial charge in [0.15, 0.2) is 0 Å². The molecule has 0 radical (unpaired) electrons. The Hall–Kier alpha value is -1.25. The summed E-state index contributed by atoms with van der Waals surface area (Å²) in [4.78, 5) is 33.0. The Morgan fingerprint density at radius 2 is 0.704 bits per heavy atom. The molecule has 0 spiro atoms. The topological polar surface area (TPSA) is 369 Å². The van der Waals surface area contributed by atoms with Crippen LogP contribution in [0.2, 0.25) is 0 Å². The second-order valence-corrected chi connectivity index (χ2v) is 3.82. The van der Waals surface area contributed by atoms with Crippen molar-refractivity contribution >= 4 is 22.6 Å². The van der Waals surface area contributed by atoms with Gasteiger partial charge >= 0.3 is 42.1 Å². The Morgan fingerprint density at radius 1 is 0.630 bits per heavy atom. The van der Waals surface area contributed by atoms with E-state index in [0.29, 0.717) is 19.6 Å². The van der Waals surface area contributed by atoms with E-state index >= 15 is 0 Å². The van der Waals surface area contributed by atoms with Gasteiger partial charge in [-0.25, -0.2) is 0 Å². The van der Waals surface area contributed by atoms with Crippen LogP contribution in [-0.2, 0) is 42.1 Å². The Bertz CT molecular complexity index is 262. The Balaban J connectivity index is -0.0000000264. The van der Waals surface area contributed by atoms with Crippen LogP contribution in [0, 0.1) is 61.3 Å². The number of hydrogen-bond acceptors (Lipinski definition) is 16. The fraction of sp³-hybridized carbons (Fsp3) is 1.00. The van der Waals surface area contributed by atoms with Crippen molar-refractivity contribution in [2.45, 2.75) is 4.05 Å². The monoisotopic (exact) mass is 884 g/mol. The molecule has 0 bridgehead atoms. The molecule has 1 atom stereocenters. The van der Waals surface area contributed by atoms with E-state index in [2.05, 4.69) is 22.6 Å². The molecule has 8 N–H and O–H groups in total. The first-order valence-corrected chi connectivity index (χ1v) is 6.12. The van der Waals surface area contributed by atoms with E-state index in [4.69, 9.17) is 84.2 Å². The molecular weight excluding hydrogens is 869 g/mol. The van der Waals surface area contributed by atoms with Crippen molar-refractivity contribution in [3.63, 3.8) is 0 Å². The average Bonchev–Trinajstić information content (AvgIpc) is 2.36. The summed E-state index contributed by atoms with van der Waals surface area (Å²) in [7, 11) is 0. The fourth-order valence-corrected chi connectivity index (χ4v) is 0. The van der Waals surface area contributed by atoms with E-state index in [9.17, 15) is 0 Å². The van der Waals surface area contributed by atoms with Crippen LogP contribution in [0.25, 0.3) is 0 Å². The summed E-state index contributed by atoms with van der Waals surface area (Å²) < 4.78 is 0.132. The van der Waals surface area contributed by atoms with E-state index < -0.39 is 20.3 Å². The van der Waals surface area contributed by atoms with Crippen molar-refractivity contribution in [3.8, 4) is 0 Å². The van der Waals surface area contributed by atoms with E-state index in [1.165, 1.54) is 0 Å². The molecule has 0 aliphatic rings. The van der Waals surface area contributed by atoms with Gasteiger partial charge < -0.3 is 84.2 Å². The number of hydrogen-bond donors (Lipinski definition) is 4. The maximum Gasteiger partial charge on any atom is 2.00 e. The maximum atomic E-state index is 8.25. The summed E-state index contributed by atoms with van der Waals surface area (Å²) in [5, 5.41) is 59.0. The summed E-state index contributed by atoms with van der Waals surface area (Å²) >= 11 is 2.06. The molecule has 23 heteroatoms. The van der Waals surface area contributed by atoms with Gasteiger partial charge in [-0.1, -0.05) is 22.6 Å². The number of nitrogens with zero attached hydrogens (tertiary/aromatic N) is 4. The second kappa shape index (κ2) is 49.8. The zero-order valence-corrected chi connectivity index (χ0v) is 19.4. The van der Waals surface area contributed by atoms with Crippen LogP contribution >= 0.6 is 22.6 Å². The molecule has 0 saturated carbocycles. The van der Waals surface area contributed by atoms with Crippen molar-refractivity contribution in [1.29, 1.82) is 0 Å². The molecule has 0 amide bonds. The normalized spacial score (nSPS) is 7.44. The number of rotatable bonds is 2. The van der Waals surface area contributed by atoms with Gasteiger partial charge in [-0.2, -0.15) is 0 Å². The molecule has 0 aliphatic carbocycles. The standard InChI is InChI=1S/C2H7IN2.C2H8N2.4NO3.2Pt/c3-2(5)1-4;3-1-2-4;4*2-1(3)4;;/h2H,1,4-5H2;1-4H2;;;;;;/q;;4*-1;2*+2. The smallest absolute Gasteiger partial charge is 0.356 e. The molecular formula is C4H15IN8O12Pt2. The SMILES string of the molecule is NCC(N)I.NCCN.O=[N+]([O-])[O-].O=[N+]([O-])[O-].O=[N+]([O-])[O-].O=[N+]([O-])[O-].[Pt+2].[Pt+2]. The van der Waals surface area contributed by atoms with E-state index in [-0.39, 0.29) is 46.2 Å². The quantitative estimate of drug-likeness (QED) is 0.0739. The predicted molar refractivity (Wildman–Crippen MR) is 90.6 cm³/mol. The minimum absolute atomic E-state index is 0. The van der Waals surface area contributed by atoms with Crippen LogP contribution in [-0.4, -0.2) is 44.0 Å².